The summed E-state index contributed by atoms with van der Waals surface area (Å²) in [5.41, 5.74) is -0.0134. The molecule has 2 rings (SSSR count). The molecule has 2 aliphatic heterocycles. The van der Waals surface area contributed by atoms with Crippen LogP contribution in [0.25, 0.3) is 0 Å². The molecule has 2 heterocycles. The van der Waals surface area contributed by atoms with Crippen LogP contribution in [-0.2, 0) is 4.74 Å². The van der Waals surface area contributed by atoms with Gasteiger partial charge in [-0.1, -0.05) is 6.92 Å². The van der Waals surface area contributed by atoms with Crippen molar-refractivity contribution in [2.75, 3.05) is 19.6 Å². The largest absolute Gasteiger partial charge is 0.368 e. The van der Waals surface area contributed by atoms with Crippen LogP contribution in [0.1, 0.15) is 60.3 Å². The lowest BCUT2D eigenvalue weighted by Gasteiger charge is -2.37. The number of rotatable bonds is 5. The molecule has 3 nitrogen and oxygen atoms in total. The zero-order valence-corrected chi connectivity index (χ0v) is 13.5. The van der Waals surface area contributed by atoms with Crippen molar-refractivity contribution >= 4 is 0 Å². The van der Waals surface area contributed by atoms with Crippen LogP contribution in [0.3, 0.4) is 0 Å². The molecule has 0 spiro atoms. The summed E-state index contributed by atoms with van der Waals surface area (Å²) in [6, 6.07) is 1.23. The molecule has 0 bridgehead atoms. The lowest BCUT2D eigenvalue weighted by atomic mass is 9.92. The fourth-order valence-corrected chi connectivity index (χ4v) is 3.96. The first-order chi connectivity index (χ1) is 8.84. The standard InChI is InChI=1S/C16H32N2O/c1-6-10-18(12-13-8-7-9-17-13)14-11-15(2,3)19-16(14,4)5/h13-14,17H,6-12H2,1-5H3. The third-order valence-electron chi connectivity index (χ3n) is 4.60. The Hall–Kier alpha value is -0.120. The van der Waals surface area contributed by atoms with Crippen molar-refractivity contribution in [3.8, 4) is 0 Å². The average molecular weight is 268 g/mol. The molecule has 1 N–H and O–H groups in total. The minimum Gasteiger partial charge on any atom is -0.368 e. The number of ether oxygens (including phenoxy) is 1. The van der Waals surface area contributed by atoms with Crippen LogP contribution < -0.4 is 5.32 Å². The van der Waals surface area contributed by atoms with Gasteiger partial charge in [0.05, 0.1) is 11.2 Å². The Balaban J connectivity index is 2.05. The molecule has 2 aliphatic rings. The Morgan fingerprint density at radius 1 is 1.26 bits per heavy atom. The Bertz CT molecular complexity index is 295. The van der Waals surface area contributed by atoms with Crippen molar-refractivity contribution in [3.63, 3.8) is 0 Å². The second kappa shape index (κ2) is 5.71. The van der Waals surface area contributed by atoms with Gasteiger partial charge >= 0.3 is 0 Å². The van der Waals surface area contributed by atoms with Gasteiger partial charge in [0.2, 0.25) is 0 Å². The molecule has 2 fully saturated rings. The first-order valence-corrected chi connectivity index (χ1v) is 8.02. The van der Waals surface area contributed by atoms with Crippen molar-refractivity contribution in [3.05, 3.63) is 0 Å². The van der Waals surface area contributed by atoms with E-state index in [1.165, 1.54) is 38.9 Å². The van der Waals surface area contributed by atoms with Gasteiger partial charge in [0.25, 0.3) is 0 Å². The van der Waals surface area contributed by atoms with Crippen molar-refractivity contribution in [1.82, 2.24) is 10.2 Å². The van der Waals surface area contributed by atoms with Gasteiger partial charge < -0.3 is 10.1 Å². The fourth-order valence-electron chi connectivity index (χ4n) is 3.96. The van der Waals surface area contributed by atoms with Crippen molar-refractivity contribution in [2.24, 2.45) is 0 Å². The highest BCUT2D eigenvalue weighted by Gasteiger charge is 2.48. The van der Waals surface area contributed by atoms with E-state index < -0.39 is 0 Å². The van der Waals surface area contributed by atoms with Crippen LogP contribution in [0.4, 0.5) is 0 Å². The molecule has 0 saturated carbocycles. The fraction of sp³-hybridized carbons (Fsp3) is 1.00. The highest BCUT2D eigenvalue weighted by Crippen LogP contribution is 2.40. The zero-order chi connectivity index (χ0) is 14.1. The molecule has 112 valence electrons. The summed E-state index contributed by atoms with van der Waals surface area (Å²) in [6.07, 6.45) is 5.03. The van der Waals surface area contributed by atoms with E-state index in [0.717, 1.165) is 6.42 Å². The van der Waals surface area contributed by atoms with Gasteiger partial charge in [-0.3, -0.25) is 4.90 Å². The maximum atomic E-state index is 6.28. The SMILES string of the molecule is CCCN(CC1CCCN1)C1CC(C)(C)OC1(C)C. The van der Waals surface area contributed by atoms with Gasteiger partial charge in [0.15, 0.2) is 0 Å². The summed E-state index contributed by atoms with van der Waals surface area (Å²) in [7, 11) is 0. The van der Waals surface area contributed by atoms with Crippen LogP contribution in [0.15, 0.2) is 0 Å². The lowest BCUT2D eigenvalue weighted by molar-refractivity contribution is -0.0809. The van der Waals surface area contributed by atoms with E-state index in [2.05, 4.69) is 44.8 Å². The molecule has 0 aromatic heterocycles. The van der Waals surface area contributed by atoms with Gasteiger partial charge in [0, 0.05) is 18.6 Å². The summed E-state index contributed by atoms with van der Waals surface area (Å²) in [6.45, 7) is 14.8. The molecular weight excluding hydrogens is 236 g/mol. The second-order valence-electron chi connectivity index (χ2n) is 7.47. The summed E-state index contributed by atoms with van der Waals surface area (Å²) in [4.78, 5) is 2.68. The predicted octanol–water partition coefficient (Wildman–Crippen LogP) is 2.80. The first-order valence-electron chi connectivity index (χ1n) is 8.02. The Morgan fingerprint density at radius 2 is 2.00 bits per heavy atom. The normalized spacial score (nSPS) is 33.2. The van der Waals surface area contributed by atoms with E-state index in [9.17, 15) is 0 Å². The number of hydrogen-bond acceptors (Lipinski definition) is 3. The second-order valence-corrected chi connectivity index (χ2v) is 7.47. The molecule has 19 heavy (non-hydrogen) atoms. The van der Waals surface area contributed by atoms with E-state index in [0.29, 0.717) is 12.1 Å². The van der Waals surface area contributed by atoms with Gasteiger partial charge in [0.1, 0.15) is 0 Å². The molecule has 2 atom stereocenters. The van der Waals surface area contributed by atoms with Crippen molar-refractivity contribution in [1.29, 1.82) is 0 Å². The van der Waals surface area contributed by atoms with Crippen molar-refractivity contribution in [2.45, 2.75) is 83.6 Å². The average Bonchev–Trinajstić information content (AvgIpc) is 2.83. The molecule has 0 aromatic rings. The smallest absolute Gasteiger partial charge is 0.0789 e. The Morgan fingerprint density at radius 3 is 2.47 bits per heavy atom. The molecule has 3 heteroatoms. The number of nitrogens with one attached hydrogen (secondary N) is 1. The minimum absolute atomic E-state index is 0.0171. The van der Waals surface area contributed by atoms with Gasteiger partial charge in [-0.15, -0.1) is 0 Å². The van der Waals surface area contributed by atoms with E-state index in [4.69, 9.17) is 4.74 Å². The molecule has 0 amide bonds. The molecular formula is C16H32N2O. The quantitative estimate of drug-likeness (QED) is 0.830. The lowest BCUT2D eigenvalue weighted by Crippen LogP contribution is -2.50. The van der Waals surface area contributed by atoms with Crippen LogP contribution in [0.2, 0.25) is 0 Å². The molecule has 0 aliphatic carbocycles. The van der Waals surface area contributed by atoms with Gasteiger partial charge in [-0.25, -0.2) is 0 Å². The maximum absolute atomic E-state index is 6.28. The van der Waals surface area contributed by atoms with Gasteiger partial charge in [-0.2, -0.15) is 0 Å². The molecule has 0 aromatic carbocycles. The minimum atomic E-state index is -0.0305. The molecule has 2 unspecified atom stereocenters. The Labute approximate surface area is 119 Å². The predicted molar refractivity (Wildman–Crippen MR) is 80.5 cm³/mol. The van der Waals surface area contributed by atoms with E-state index >= 15 is 0 Å². The van der Waals surface area contributed by atoms with Crippen LogP contribution >= 0.6 is 0 Å². The van der Waals surface area contributed by atoms with Gasteiger partial charge in [-0.05, 0) is 66.5 Å². The summed E-state index contributed by atoms with van der Waals surface area (Å²) in [5, 5.41) is 3.63. The summed E-state index contributed by atoms with van der Waals surface area (Å²) in [5.74, 6) is 0. The third kappa shape index (κ3) is 3.71. The van der Waals surface area contributed by atoms with E-state index in [1.807, 2.05) is 0 Å². The first kappa shape index (κ1) is 15.3. The summed E-state index contributed by atoms with van der Waals surface area (Å²) >= 11 is 0. The van der Waals surface area contributed by atoms with Crippen molar-refractivity contribution < 1.29 is 4.74 Å². The molecule has 0 radical (unpaired) electrons. The summed E-state index contributed by atoms with van der Waals surface area (Å²) < 4.78 is 6.28. The van der Waals surface area contributed by atoms with E-state index in [1.54, 1.807) is 0 Å². The Kier molecular flexibility index (Phi) is 4.59. The zero-order valence-electron chi connectivity index (χ0n) is 13.5. The monoisotopic (exact) mass is 268 g/mol. The third-order valence-corrected chi connectivity index (χ3v) is 4.60. The maximum Gasteiger partial charge on any atom is 0.0789 e. The topological polar surface area (TPSA) is 24.5 Å². The van der Waals surface area contributed by atoms with Crippen LogP contribution in [0.5, 0.6) is 0 Å². The number of hydrogen-bond donors (Lipinski definition) is 1. The highest BCUT2D eigenvalue weighted by molar-refractivity contribution is 5.00. The van der Waals surface area contributed by atoms with E-state index in [-0.39, 0.29) is 11.2 Å². The number of nitrogens with zero attached hydrogens (tertiary/aromatic N) is 1. The van der Waals surface area contributed by atoms with Crippen LogP contribution in [0, 0.1) is 0 Å². The van der Waals surface area contributed by atoms with Crippen LogP contribution in [-0.4, -0.2) is 47.8 Å². The highest BCUT2D eigenvalue weighted by atomic mass is 16.5. The molecule has 2 saturated heterocycles.